The Labute approximate surface area is 131 Å². The van der Waals surface area contributed by atoms with Crippen LogP contribution in [0.4, 0.5) is 5.69 Å². The minimum atomic E-state index is -0.182. The Kier molecular flexibility index (Phi) is 4.68. The van der Waals surface area contributed by atoms with Crippen molar-refractivity contribution in [3.63, 3.8) is 0 Å². The normalized spacial score (nSPS) is 10.2. The number of carbonyl (C=O) groups excluding carboxylic acids is 1. The van der Waals surface area contributed by atoms with Crippen LogP contribution in [-0.2, 0) is 0 Å². The van der Waals surface area contributed by atoms with Crippen molar-refractivity contribution in [1.29, 1.82) is 0 Å². The molecule has 0 heterocycles. The summed E-state index contributed by atoms with van der Waals surface area (Å²) in [6.07, 6.45) is 0. The molecule has 2 rings (SSSR count). The molecule has 0 aliphatic heterocycles. The maximum atomic E-state index is 12.2. The standard InChI is InChI=1S/C15H13BrClNO2/c1-9-5-10(7-11(16)6-9)15(19)18-12-3-4-13(17)14(8-12)20-2/h3-8H,1-2H3,(H,18,19). The molecule has 0 atom stereocenters. The largest absolute Gasteiger partial charge is 0.495 e. The molecule has 0 bridgehead atoms. The molecule has 0 aliphatic rings. The Bertz CT molecular complexity index is 638. The molecule has 0 radical (unpaired) electrons. The first kappa shape index (κ1) is 14.9. The molecule has 0 aromatic heterocycles. The Morgan fingerprint density at radius 1 is 1.25 bits per heavy atom. The number of methoxy groups -OCH3 is 1. The Morgan fingerprint density at radius 3 is 2.65 bits per heavy atom. The van der Waals surface area contributed by atoms with Gasteiger partial charge in [-0.2, -0.15) is 0 Å². The fourth-order valence-corrected chi connectivity index (χ4v) is 2.61. The van der Waals surface area contributed by atoms with Gasteiger partial charge in [-0.15, -0.1) is 0 Å². The number of ether oxygens (including phenoxy) is 1. The third kappa shape index (κ3) is 3.52. The van der Waals surface area contributed by atoms with Gasteiger partial charge >= 0.3 is 0 Å². The summed E-state index contributed by atoms with van der Waals surface area (Å²) in [4.78, 5) is 12.2. The first-order valence-electron chi connectivity index (χ1n) is 5.91. The van der Waals surface area contributed by atoms with Crippen LogP contribution < -0.4 is 10.1 Å². The summed E-state index contributed by atoms with van der Waals surface area (Å²) >= 11 is 9.33. The van der Waals surface area contributed by atoms with Crippen LogP contribution in [0.15, 0.2) is 40.9 Å². The van der Waals surface area contributed by atoms with Crippen molar-refractivity contribution in [2.24, 2.45) is 0 Å². The number of amides is 1. The number of benzene rings is 2. The second kappa shape index (κ2) is 6.29. The van der Waals surface area contributed by atoms with E-state index in [1.165, 1.54) is 7.11 Å². The van der Waals surface area contributed by atoms with Crippen molar-refractivity contribution in [3.05, 3.63) is 57.0 Å². The molecule has 0 fully saturated rings. The van der Waals surface area contributed by atoms with Crippen molar-refractivity contribution >= 4 is 39.1 Å². The second-order valence-corrected chi connectivity index (χ2v) is 5.64. The van der Waals surface area contributed by atoms with Crippen LogP contribution in [0, 0.1) is 6.92 Å². The molecule has 0 spiro atoms. The number of aryl methyl sites for hydroxylation is 1. The molecule has 1 N–H and O–H groups in total. The van der Waals surface area contributed by atoms with Crippen LogP contribution in [0.1, 0.15) is 15.9 Å². The quantitative estimate of drug-likeness (QED) is 0.869. The Morgan fingerprint density at radius 2 is 2.00 bits per heavy atom. The number of rotatable bonds is 3. The van der Waals surface area contributed by atoms with Crippen molar-refractivity contribution in [3.8, 4) is 5.75 Å². The van der Waals surface area contributed by atoms with Gasteiger partial charge < -0.3 is 10.1 Å². The van der Waals surface area contributed by atoms with Crippen LogP contribution in [0.5, 0.6) is 5.75 Å². The zero-order valence-corrected chi connectivity index (χ0v) is 13.4. The summed E-state index contributed by atoms with van der Waals surface area (Å²) in [6.45, 7) is 1.94. The van der Waals surface area contributed by atoms with E-state index in [1.807, 2.05) is 19.1 Å². The SMILES string of the molecule is COc1cc(NC(=O)c2cc(C)cc(Br)c2)ccc1Cl. The zero-order valence-electron chi connectivity index (χ0n) is 11.0. The summed E-state index contributed by atoms with van der Waals surface area (Å²) < 4.78 is 5.99. The van der Waals surface area contributed by atoms with E-state index in [-0.39, 0.29) is 5.91 Å². The van der Waals surface area contributed by atoms with E-state index in [0.29, 0.717) is 22.0 Å². The molecule has 0 unspecified atom stereocenters. The highest BCUT2D eigenvalue weighted by Crippen LogP contribution is 2.27. The molecular weight excluding hydrogens is 342 g/mol. The minimum absolute atomic E-state index is 0.182. The number of anilines is 1. The number of nitrogens with one attached hydrogen (secondary N) is 1. The van der Waals surface area contributed by atoms with E-state index in [9.17, 15) is 4.79 Å². The summed E-state index contributed by atoms with van der Waals surface area (Å²) in [5.41, 5.74) is 2.23. The van der Waals surface area contributed by atoms with Crippen LogP contribution in [0.3, 0.4) is 0 Å². The van der Waals surface area contributed by atoms with Gasteiger partial charge in [-0.1, -0.05) is 27.5 Å². The third-order valence-electron chi connectivity index (χ3n) is 2.71. The molecule has 2 aromatic rings. The summed E-state index contributed by atoms with van der Waals surface area (Å²) in [7, 11) is 1.53. The highest BCUT2D eigenvalue weighted by molar-refractivity contribution is 9.10. The van der Waals surface area contributed by atoms with Crippen LogP contribution in [0.25, 0.3) is 0 Å². The zero-order chi connectivity index (χ0) is 14.7. The second-order valence-electron chi connectivity index (χ2n) is 4.32. The average Bonchev–Trinajstić information content (AvgIpc) is 2.39. The smallest absolute Gasteiger partial charge is 0.255 e. The molecule has 2 aromatic carbocycles. The third-order valence-corrected chi connectivity index (χ3v) is 3.48. The van der Waals surface area contributed by atoms with Gasteiger partial charge in [0.05, 0.1) is 12.1 Å². The van der Waals surface area contributed by atoms with E-state index < -0.39 is 0 Å². The van der Waals surface area contributed by atoms with Crippen molar-refractivity contribution < 1.29 is 9.53 Å². The fraction of sp³-hybridized carbons (Fsp3) is 0.133. The highest BCUT2D eigenvalue weighted by Gasteiger charge is 2.09. The maximum absolute atomic E-state index is 12.2. The Balaban J connectivity index is 2.23. The highest BCUT2D eigenvalue weighted by atomic mass is 79.9. The van der Waals surface area contributed by atoms with Gasteiger partial charge in [0.2, 0.25) is 0 Å². The monoisotopic (exact) mass is 353 g/mol. The molecule has 5 heteroatoms. The minimum Gasteiger partial charge on any atom is -0.495 e. The Hall–Kier alpha value is -1.52. The van der Waals surface area contributed by atoms with Crippen molar-refractivity contribution in [2.45, 2.75) is 6.92 Å². The molecule has 20 heavy (non-hydrogen) atoms. The van der Waals surface area contributed by atoms with Gasteiger partial charge in [-0.05, 0) is 42.8 Å². The van der Waals surface area contributed by atoms with Crippen LogP contribution in [-0.4, -0.2) is 13.0 Å². The first-order chi connectivity index (χ1) is 9.49. The van der Waals surface area contributed by atoms with E-state index in [4.69, 9.17) is 16.3 Å². The van der Waals surface area contributed by atoms with Gasteiger partial charge in [-0.3, -0.25) is 4.79 Å². The van der Waals surface area contributed by atoms with E-state index in [1.54, 1.807) is 24.3 Å². The molecule has 0 saturated carbocycles. The lowest BCUT2D eigenvalue weighted by atomic mass is 10.1. The lowest BCUT2D eigenvalue weighted by Crippen LogP contribution is -2.12. The lowest BCUT2D eigenvalue weighted by molar-refractivity contribution is 0.102. The van der Waals surface area contributed by atoms with Crippen LogP contribution >= 0.6 is 27.5 Å². The van der Waals surface area contributed by atoms with Crippen LogP contribution in [0.2, 0.25) is 5.02 Å². The van der Waals surface area contributed by atoms with E-state index in [2.05, 4.69) is 21.2 Å². The fourth-order valence-electron chi connectivity index (χ4n) is 1.81. The molecule has 0 aliphatic carbocycles. The topological polar surface area (TPSA) is 38.3 Å². The summed E-state index contributed by atoms with van der Waals surface area (Å²) in [6, 6.07) is 10.6. The number of hydrogen-bond donors (Lipinski definition) is 1. The molecule has 1 amide bonds. The predicted molar refractivity (Wildman–Crippen MR) is 84.8 cm³/mol. The summed E-state index contributed by atoms with van der Waals surface area (Å²) in [5, 5.41) is 3.32. The van der Waals surface area contributed by atoms with Crippen molar-refractivity contribution in [2.75, 3.05) is 12.4 Å². The molecule has 3 nitrogen and oxygen atoms in total. The average molecular weight is 355 g/mol. The summed E-state index contributed by atoms with van der Waals surface area (Å²) in [5.74, 6) is 0.341. The maximum Gasteiger partial charge on any atom is 0.255 e. The lowest BCUT2D eigenvalue weighted by Gasteiger charge is -2.09. The molecular formula is C15H13BrClNO2. The number of carbonyl (C=O) groups is 1. The molecule has 104 valence electrons. The van der Waals surface area contributed by atoms with Gasteiger partial charge in [0, 0.05) is 21.8 Å². The van der Waals surface area contributed by atoms with Gasteiger partial charge in [0.25, 0.3) is 5.91 Å². The van der Waals surface area contributed by atoms with Gasteiger partial charge in [0.15, 0.2) is 0 Å². The van der Waals surface area contributed by atoms with Gasteiger partial charge in [0.1, 0.15) is 5.75 Å². The number of hydrogen-bond acceptors (Lipinski definition) is 2. The van der Waals surface area contributed by atoms with Gasteiger partial charge in [-0.25, -0.2) is 0 Å². The molecule has 0 saturated heterocycles. The van der Waals surface area contributed by atoms with Crippen molar-refractivity contribution in [1.82, 2.24) is 0 Å². The van der Waals surface area contributed by atoms with E-state index >= 15 is 0 Å². The first-order valence-corrected chi connectivity index (χ1v) is 7.09. The predicted octanol–water partition coefficient (Wildman–Crippen LogP) is 4.67. The van der Waals surface area contributed by atoms with E-state index in [0.717, 1.165) is 10.0 Å². The number of halogens is 2.